The zero-order chi connectivity index (χ0) is 17.3. The van der Waals surface area contributed by atoms with Gasteiger partial charge in [0.05, 0.1) is 23.9 Å². The molecule has 0 amide bonds. The third-order valence-electron chi connectivity index (χ3n) is 3.88. The van der Waals surface area contributed by atoms with Gasteiger partial charge in [-0.05, 0) is 44.0 Å². The van der Waals surface area contributed by atoms with Crippen molar-refractivity contribution in [2.75, 3.05) is 0 Å². The lowest BCUT2D eigenvalue weighted by Crippen LogP contribution is -2.27. The molecular weight excluding hydrogens is 300 g/mol. The summed E-state index contributed by atoms with van der Waals surface area (Å²) >= 11 is 0. The van der Waals surface area contributed by atoms with Crippen LogP contribution < -0.4 is 10.3 Å². The fourth-order valence-electron chi connectivity index (χ4n) is 2.82. The second-order valence-electron chi connectivity index (χ2n) is 6.42. The molecule has 3 rings (SSSR count). The molecule has 0 N–H and O–H groups in total. The van der Waals surface area contributed by atoms with Crippen LogP contribution in [-0.4, -0.2) is 15.9 Å². The maximum atomic E-state index is 12.9. The molecular formula is C20H22N2O2. The fourth-order valence-corrected chi connectivity index (χ4v) is 2.82. The summed E-state index contributed by atoms with van der Waals surface area (Å²) in [6, 6.07) is 14.2. The van der Waals surface area contributed by atoms with Gasteiger partial charge in [-0.2, -0.15) is 5.10 Å². The Morgan fingerprint density at radius 2 is 1.67 bits per heavy atom. The van der Waals surface area contributed by atoms with Gasteiger partial charge >= 0.3 is 5.56 Å². The van der Waals surface area contributed by atoms with Crippen LogP contribution in [0, 0.1) is 0 Å². The minimum Gasteiger partial charge on any atom is -0.485 e. The van der Waals surface area contributed by atoms with Crippen molar-refractivity contribution in [3.63, 3.8) is 0 Å². The zero-order valence-corrected chi connectivity index (χ0v) is 14.5. The van der Waals surface area contributed by atoms with Gasteiger partial charge in [0.2, 0.25) is 0 Å². The smallest absolute Gasteiger partial charge is 0.309 e. The van der Waals surface area contributed by atoms with E-state index in [1.807, 2.05) is 52.0 Å². The summed E-state index contributed by atoms with van der Waals surface area (Å²) in [5, 5.41) is 6.56. The fraction of sp³-hybridized carbons (Fsp3) is 0.300. The lowest BCUT2D eigenvalue weighted by molar-refractivity contribution is 0.236. The number of fused-ring (bicyclic) bond motifs is 1. The third-order valence-corrected chi connectivity index (χ3v) is 3.88. The molecule has 124 valence electrons. The number of hydrogen-bond acceptors (Lipinski definition) is 3. The van der Waals surface area contributed by atoms with Gasteiger partial charge in [0.1, 0.15) is 0 Å². The van der Waals surface area contributed by atoms with Crippen LogP contribution in [0.3, 0.4) is 0 Å². The first kappa shape index (κ1) is 16.2. The van der Waals surface area contributed by atoms with Crippen LogP contribution in [-0.2, 0) is 0 Å². The molecule has 4 heteroatoms. The summed E-state index contributed by atoms with van der Waals surface area (Å²) in [6.45, 7) is 7.72. The van der Waals surface area contributed by atoms with Crippen LogP contribution in [0.25, 0.3) is 21.9 Å². The molecule has 1 heterocycles. The SMILES string of the molecule is CC(C)Oc1c(-c2cccc3ccccc23)cnn(C(C)C)c1=O. The van der Waals surface area contributed by atoms with Crippen molar-refractivity contribution in [3.05, 3.63) is 59.0 Å². The molecule has 0 unspecified atom stereocenters. The molecule has 0 saturated heterocycles. The summed E-state index contributed by atoms with van der Waals surface area (Å²) < 4.78 is 7.36. The van der Waals surface area contributed by atoms with Crippen LogP contribution in [0.1, 0.15) is 33.7 Å². The number of rotatable bonds is 4. The van der Waals surface area contributed by atoms with E-state index in [-0.39, 0.29) is 17.7 Å². The van der Waals surface area contributed by atoms with E-state index >= 15 is 0 Å². The number of ether oxygens (including phenoxy) is 1. The normalized spacial score (nSPS) is 11.4. The minimum absolute atomic E-state index is 0.0198. The predicted octanol–water partition coefficient (Wildman–Crippen LogP) is 4.43. The van der Waals surface area contributed by atoms with Crippen LogP contribution >= 0.6 is 0 Å². The number of hydrogen-bond donors (Lipinski definition) is 0. The predicted molar refractivity (Wildman–Crippen MR) is 97.6 cm³/mol. The second-order valence-corrected chi connectivity index (χ2v) is 6.42. The van der Waals surface area contributed by atoms with Gasteiger partial charge in [-0.1, -0.05) is 42.5 Å². The lowest BCUT2D eigenvalue weighted by Gasteiger charge is -2.17. The van der Waals surface area contributed by atoms with Crippen molar-refractivity contribution >= 4 is 10.8 Å². The van der Waals surface area contributed by atoms with Crippen LogP contribution in [0.4, 0.5) is 0 Å². The molecule has 0 atom stereocenters. The van der Waals surface area contributed by atoms with Gasteiger partial charge in [0.15, 0.2) is 5.75 Å². The molecule has 0 saturated carbocycles. The van der Waals surface area contributed by atoms with Gasteiger partial charge in [-0.3, -0.25) is 4.79 Å². The highest BCUT2D eigenvalue weighted by Crippen LogP contribution is 2.33. The molecule has 3 aromatic rings. The zero-order valence-electron chi connectivity index (χ0n) is 14.5. The van der Waals surface area contributed by atoms with Gasteiger partial charge in [-0.25, -0.2) is 4.68 Å². The molecule has 0 aliphatic rings. The van der Waals surface area contributed by atoms with Crippen molar-refractivity contribution in [1.29, 1.82) is 0 Å². The summed E-state index contributed by atoms with van der Waals surface area (Å²) in [6.07, 6.45) is 1.65. The van der Waals surface area contributed by atoms with E-state index in [1.165, 1.54) is 4.68 Å². The van der Waals surface area contributed by atoms with Crippen molar-refractivity contribution < 1.29 is 4.74 Å². The molecule has 0 bridgehead atoms. The lowest BCUT2D eigenvalue weighted by atomic mass is 9.99. The topological polar surface area (TPSA) is 44.1 Å². The number of aromatic nitrogens is 2. The maximum absolute atomic E-state index is 12.9. The monoisotopic (exact) mass is 322 g/mol. The average molecular weight is 322 g/mol. The summed E-state index contributed by atoms with van der Waals surface area (Å²) in [7, 11) is 0. The van der Waals surface area contributed by atoms with Crippen LogP contribution in [0.15, 0.2) is 53.5 Å². The van der Waals surface area contributed by atoms with E-state index in [0.717, 1.165) is 21.9 Å². The Bertz CT molecular complexity index is 921. The highest BCUT2D eigenvalue weighted by atomic mass is 16.5. The second kappa shape index (κ2) is 6.48. The van der Waals surface area contributed by atoms with Gasteiger partial charge in [0, 0.05) is 0 Å². The first-order chi connectivity index (χ1) is 11.5. The Morgan fingerprint density at radius 1 is 0.958 bits per heavy atom. The maximum Gasteiger partial charge on any atom is 0.309 e. The summed E-state index contributed by atoms with van der Waals surface area (Å²) in [5.74, 6) is 0.366. The van der Waals surface area contributed by atoms with Crippen molar-refractivity contribution in [2.24, 2.45) is 0 Å². The van der Waals surface area contributed by atoms with E-state index in [4.69, 9.17) is 4.74 Å². The van der Waals surface area contributed by atoms with Crippen molar-refractivity contribution in [2.45, 2.75) is 39.8 Å². The first-order valence-electron chi connectivity index (χ1n) is 8.25. The van der Waals surface area contributed by atoms with Crippen LogP contribution in [0.5, 0.6) is 5.75 Å². The van der Waals surface area contributed by atoms with E-state index in [2.05, 4.69) is 23.3 Å². The molecule has 0 spiro atoms. The quantitative estimate of drug-likeness (QED) is 0.713. The first-order valence-corrected chi connectivity index (χ1v) is 8.25. The Hall–Kier alpha value is -2.62. The molecule has 24 heavy (non-hydrogen) atoms. The largest absolute Gasteiger partial charge is 0.485 e. The third kappa shape index (κ3) is 2.92. The Morgan fingerprint density at radius 3 is 2.38 bits per heavy atom. The summed E-state index contributed by atoms with van der Waals surface area (Å²) in [4.78, 5) is 12.9. The van der Waals surface area contributed by atoms with Crippen LogP contribution in [0.2, 0.25) is 0 Å². The number of nitrogens with zero attached hydrogens (tertiary/aromatic N) is 2. The standard InChI is InChI=1S/C20H22N2O2/c1-13(2)22-20(23)19(24-14(3)4)18(12-21-22)17-11-7-9-15-8-5-6-10-16(15)17/h5-14H,1-4H3. The molecule has 4 nitrogen and oxygen atoms in total. The molecule has 0 aliphatic carbocycles. The molecule has 0 fully saturated rings. The Balaban J connectivity index is 2.30. The average Bonchev–Trinajstić information content (AvgIpc) is 2.55. The van der Waals surface area contributed by atoms with E-state index in [9.17, 15) is 4.79 Å². The van der Waals surface area contributed by atoms with Gasteiger partial charge < -0.3 is 4.74 Å². The number of benzene rings is 2. The van der Waals surface area contributed by atoms with Gasteiger partial charge in [0.25, 0.3) is 0 Å². The Kier molecular flexibility index (Phi) is 4.38. The van der Waals surface area contributed by atoms with Crippen molar-refractivity contribution in [3.8, 4) is 16.9 Å². The highest BCUT2D eigenvalue weighted by molar-refractivity contribution is 5.97. The van der Waals surface area contributed by atoms with Gasteiger partial charge in [-0.15, -0.1) is 0 Å². The van der Waals surface area contributed by atoms with Crippen molar-refractivity contribution in [1.82, 2.24) is 9.78 Å². The van der Waals surface area contributed by atoms with E-state index in [1.54, 1.807) is 6.20 Å². The Labute approximate surface area is 141 Å². The molecule has 2 aromatic carbocycles. The highest BCUT2D eigenvalue weighted by Gasteiger charge is 2.18. The van der Waals surface area contributed by atoms with E-state index in [0.29, 0.717) is 5.75 Å². The summed E-state index contributed by atoms with van der Waals surface area (Å²) in [5.41, 5.74) is 1.51. The van der Waals surface area contributed by atoms with E-state index < -0.39 is 0 Å². The molecule has 1 aromatic heterocycles. The minimum atomic E-state index is -0.191. The molecule has 0 aliphatic heterocycles. The molecule has 0 radical (unpaired) electrons.